The fourth-order valence-corrected chi connectivity index (χ4v) is 4.25. The van der Waals surface area contributed by atoms with Gasteiger partial charge in [0.2, 0.25) is 10.0 Å². The zero-order valence-corrected chi connectivity index (χ0v) is 14.6. The third-order valence-electron chi connectivity index (χ3n) is 3.00. The summed E-state index contributed by atoms with van der Waals surface area (Å²) < 4.78 is 33.1. The van der Waals surface area contributed by atoms with Crippen LogP contribution in [0.2, 0.25) is 0 Å². The summed E-state index contributed by atoms with van der Waals surface area (Å²) in [4.78, 5) is 0.167. The Morgan fingerprint density at radius 1 is 1.35 bits per heavy atom. The second-order valence-electron chi connectivity index (χ2n) is 4.65. The van der Waals surface area contributed by atoms with Crippen molar-refractivity contribution in [1.29, 1.82) is 0 Å². The molecule has 20 heavy (non-hydrogen) atoms. The highest BCUT2D eigenvalue weighted by Crippen LogP contribution is 2.26. The van der Waals surface area contributed by atoms with E-state index >= 15 is 0 Å². The van der Waals surface area contributed by atoms with Crippen molar-refractivity contribution in [3.63, 3.8) is 0 Å². The molecule has 1 heterocycles. The van der Waals surface area contributed by atoms with E-state index in [-0.39, 0.29) is 15.6 Å². The minimum absolute atomic E-state index is 0.0379. The van der Waals surface area contributed by atoms with Crippen molar-refractivity contribution in [3.05, 3.63) is 16.5 Å². The molecule has 0 aliphatic rings. The van der Waals surface area contributed by atoms with Crippen LogP contribution in [0, 0.1) is 0 Å². The normalized spacial score (nSPS) is 13.6. The predicted molar refractivity (Wildman–Crippen MR) is 83.1 cm³/mol. The first-order valence-corrected chi connectivity index (χ1v) is 9.23. The van der Waals surface area contributed by atoms with Crippen LogP contribution >= 0.6 is 15.9 Å². The van der Waals surface area contributed by atoms with Gasteiger partial charge in [-0.25, -0.2) is 13.1 Å². The standard InChI is InChI=1S/C13H23BrN2O3S/c1-4-7-10(5-2)16-20(17,18)12-8-11(9-15-6-3)19-13(12)14/h8,10,15-16H,4-7,9H2,1-3H3. The SMILES string of the molecule is CCCC(CC)NS(=O)(=O)c1cc(CNCC)oc1Br. The van der Waals surface area contributed by atoms with Crippen LogP contribution in [-0.2, 0) is 16.6 Å². The third kappa shape index (κ3) is 4.87. The van der Waals surface area contributed by atoms with E-state index in [9.17, 15) is 8.42 Å². The Bertz CT molecular complexity index is 514. The maximum Gasteiger partial charge on any atom is 0.245 e. The summed E-state index contributed by atoms with van der Waals surface area (Å²) in [5.41, 5.74) is 0. The van der Waals surface area contributed by atoms with Gasteiger partial charge < -0.3 is 9.73 Å². The molecule has 0 fully saturated rings. The molecule has 0 saturated heterocycles. The van der Waals surface area contributed by atoms with E-state index < -0.39 is 10.0 Å². The second kappa shape index (κ2) is 8.17. The van der Waals surface area contributed by atoms with Crippen LogP contribution in [-0.4, -0.2) is 21.0 Å². The molecule has 1 aromatic heterocycles. The average molecular weight is 367 g/mol. The molecule has 2 N–H and O–H groups in total. The zero-order valence-electron chi connectivity index (χ0n) is 12.2. The Morgan fingerprint density at radius 3 is 2.60 bits per heavy atom. The van der Waals surface area contributed by atoms with E-state index in [2.05, 4.69) is 26.0 Å². The first-order valence-electron chi connectivity index (χ1n) is 6.95. The molecule has 7 heteroatoms. The number of rotatable bonds is 9. The Labute approximate surface area is 129 Å². The second-order valence-corrected chi connectivity index (χ2v) is 7.05. The van der Waals surface area contributed by atoms with Crippen molar-refractivity contribution in [2.24, 2.45) is 0 Å². The lowest BCUT2D eigenvalue weighted by Crippen LogP contribution is -2.34. The third-order valence-corrected chi connectivity index (χ3v) is 5.37. The van der Waals surface area contributed by atoms with Crippen LogP contribution in [0.4, 0.5) is 0 Å². The summed E-state index contributed by atoms with van der Waals surface area (Å²) in [6, 6.07) is 1.53. The van der Waals surface area contributed by atoms with Crippen molar-refractivity contribution < 1.29 is 12.8 Å². The van der Waals surface area contributed by atoms with Gasteiger partial charge in [0.05, 0.1) is 6.54 Å². The number of nitrogens with one attached hydrogen (secondary N) is 2. The van der Waals surface area contributed by atoms with E-state index in [0.717, 1.165) is 25.8 Å². The summed E-state index contributed by atoms with van der Waals surface area (Å²) >= 11 is 3.18. The Balaban J connectivity index is 2.88. The maximum absolute atomic E-state index is 12.4. The van der Waals surface area contributed by atoms with Gasteiger partial charge in [0, 0.05) is 12.1 Å². The summed E-state index contributed by atoms with van der Waals surface area (Å²) in [6.07, 6.45) is 2.54. The summed E-state index contributed by atoms with van der Waals surface area (Å²) in [7, 11) is -3.55. The van der Waals surface area contributed by atoms with Crippen molar-refractivity contribution in [2.45, 2.75) is 57.5 Å². The summed E-state index contributed by atoms with van der Waals surface area (Å²) in [5, 5.41) is 3.10. The van der Waals surface area contributed by atoms with Gasteiger partial charge in [-0.05, 0) is 35.3 Å². The molecule has 1 rings (SSSR count). The predicted octanol–water partition coefficient (Wildman–Crippen LogP) is 3.01. The van der Waals surface area contributed by atoms with Gasteiger partial charge in [0.25, 0.3) is 0 Å². The van der Waals surface area contributed by atoms with Crippen LogP contribution < -0.4 is 10.0 Å². The molecule has 1 aromatic rings. The number of hydrogen-bond acceptors (Lipinski definition) is 4. The largest absolute Gasteiger partial charge is 0.452 e. The van der Waals surface area contributed by atoms with Gasteiger partial charge in [0.15, 0.2) is 4.67 Å². The molecular weight excluding hydrogens is 344 g/mol. The topological polar surface area (TPSA) is 71.3 Å². The van der Waals surface area contributed by atoms with Gasteiger partial charge >= 0.3 is 0 Å². The highest BCUT2D eigenvalue weighted by Gasteiger charge is 2.24. The molecule has 0 aromatic carbocycles. The molecule has 0 spiro atoms. The molecule has 5 nitrogen and oxygen atoms in total. The number of halogens is 1. The number of hydrogen-bond donors (Lipinski definition) is 2. The van der Waals surface area contributed by atoms with Gasteiger partial charge in [-0.15, -0.1) is 0 Å². The van der Waals surface area contributed by atoms with E-state index in [0.29, 0.717) is 12.3 Å². The molecule has 1 unspecified atom stereocenters. The molecule has 0 amide bonds. The lowest BCUT2D eigenvalue weighted by Gasteiger charge is -2.15. The fourth-order valence-electron chi connectivity index (χ4n) is 1.89. The maximum atomic E-state index is 12.4. The van der Waals surface area contributed by atoms with Crippen LogP contribution in [0.3, 0.4) is 0 Å². The number of furan rings is 1. The van der Waals surface area contributed by atoms with Gasteiger partial charge in [-0.1, -0.05) is 27.2 Å². The monoisotopic (exact) mass is 366 g/mol. The van der Waals surface area contributed by atoms with E-state index in [4.69, 9.17) is 4.42 Å². The molecule has 0 radical (unpaired) electrons. The summed E-state index contributed by atoms with van der Waals surface area (Å²) in [6.45, 7) is 7.31. The lowest BCUT2D eigenvalue weighted by atomic mass is 10.1. The van der Waals surface area contributed by atoms with E-state index in [1.807, 2.05) is 20.8 Å². The molecule has 0 bridgehead atoms. The van der Waals surface area contributed by atoms with Gasteiger partial charge in [0.1, 0.15) is 10.7 Å². The van der Waals surface area contributed by atoms with Crippen LogP contribution in [0.25, 0.3) is 0 Å². The van der Waals surface area contributed by atoms with Gasteiger partial charge in [-0.3, -0.25) is 0 Å². The Kier molecular flexibility index (Phi) is 7.22. The lowest BCUT2D eigenvalue weighted by molar-refractivity contribution is 0.463. The van der Waals surface area contributed by atoms with Crippen LogP contribution in [0.15, 0.2) is 20.0 Å². The molecular formula is C13H23BrN2O3S. The molecule has 1 atom stereocenters. The zero-order chi connectivity index (χ0) is 15.2. The Morgan fingerprint density at radius 2 is 2.05 bits per heavy atom. The van der Waals surface area contributed by atoms with Gasteiger partial charge in [-0.2, -0.15) is 0 Å². The fraction of sp³-hybridized carbons (Fsp3) is 0.692. The minimum Gasteiger partial charge on any atom is -0.452 e. The van der Waals surface area contributed by atoms with Crippen LogP contribution in [0.5, 0.6) is 0 Å². The quantitative estimate of drug-likeness (QED) is 0.704. The summed E-state index contributed by atoms with van der Waals surface area (Å²) in [5.74, 6) is 0.600. The van der Waals surface area contributed by atoms with Crippen LogP contribution in [0.1, 0.15) is 45.8 Å². The van der Waals surface area contributed by atoms with E-state index in [1.165, 1.54) is 0 Å². The average Bonchev–Trinajstić information content (AvgIpc) is 2.77. The Hall–Kier alpha value is -0.370. The molecule has 0 saturated carbocycles. The smallest absolute Gasteiger partial charge is 0.245 e. The molecule has 0 aliphatic heterocycles. The van der Waals surface area contributed by atoms with Crippen molar-refractivity contribution >= 4 is 26.0 Å². The molecule has 0 aliphatic carbocycles. The molecule has 116 valence electrons. The highest BCUT2D eigenvalue weighted by atomic mass is 79.9. The minimum atomic E-state index is -3.55. The van der Waals surface area contributed by atoms with E-state index in [1.54, 1.807) is 6.07 Å². The van der Waals surface area contributed by atoms with Crippen molar-refractivity contribution in [2.75, 3.05) is 6.54 Å². The number of sulfonamides is 1. The van der Waals surface area contributed by atoms with Crippen molar-refractivity contribution in [3.8, 4) is 0 Å². The first-order chi connectivity index (χ1) is 9.44. The van der Waals surface area contributed by atoms with Crippen molar-refractivity contribution in [1.82, 2.24) is 10.0 Å². The first kappa shape index (κ1) is 17.7. The highest BCUT2D eigenvalue weighted by molar-refractivity contribution is 9.10.